The van der Waals surface area contributed by atoms with E-state index in [2.05, 4.69) is 9.97 Å². The number of hydrogen-bond donors (Lipinski definition) is 1. The van der Waals surface area contributed by atoms with Gasteiger partial charge in [-0.05, 0) is 22.9 Å². The summed E-state index contributed by atoms with van der Waals surface area (Å²) in [6, 6.07) is 12.0. The van der Waals surface area contributed by atoms with Gasteiger partial charge in [0.1, 0.15) is 11.0 Å². The molecule has 0 unspecified atom stereocenters. The summed E-state index contributed by atoms with van der Waals surface area (Å²) in [7, 11) is 0. The number of aromatic nitrogens is 2. The van der Waals surface area contributed by atoms with Crippen molar-refractivity contribution in [3.8, 4) is 5.75 Å². The maximum atomic E-state index is 10.2. The molecule has 20 heavy (non-hydrogen) atoms. The second-order valence-corrected chi connectivity index (χ2v) is 5.04. The van der Waals surface area contributed by atoms with E-state index in [1.54, 1.807) is 12.4 Å². The second-order valence-electron chi connectivity index (χ2n) is 4.66. The standard InChI is InChI=1S/C16H9ClN2O/c17-13-11-7-9-3-1-2-4-10(9)8-12(11)14-15(16(13)20)19-6-5-18-14/h1-8,20H. The maximum Gasteiger partial charge on any atom is 0.162 e. The Labute approximate surface area is 119 Å². The smallest absolute Gasteiger partial charge is 0.162 e. The van der Waals surface area contributed by atoms with Crippen LogP contribution in [0.25, 0.3) is 32.6 Å². The highest BCUT2D eigenvalue weighted by Gasteiger charge is 2.14. The third-order valence-corrected chi connectivity index (χ3v) is 3.89. The Morgan fingerprint density at radius 3 is 2.15 bits per heavy atom. The molecule has 0 saturated heterocycles. The fraction of sp³-hybridized carbons (Fsp3) is 0. The lowest BCUT2D eigenvalue weighted by molar-refractivity contribution is 0.481. The minimum absolute atomic E-state index is 0.0162. The van der Waals surface area contributed by atoms with E-state index >= 15 is 0 Å². The quantitative estimate of drug-likeness (QED) is 0.386. The van der Waals surface area contributed by atoms with Gasteiger partial charge in [-0.1, -0.05) is 35.9 Å². The Morgan fingerprint density at radius 1 is 0.850 bits per heavy atom. The van der Waals surface area contributed by atoms with Gasteiger partial charge in [-0.15, -0.1) is 0 Å². The van der Waals surface area contributed by atoms with E-state index in [0.717, 1.165) is 21.5 Å². The summed E-state index contributed by atoms with van der Waals surface area (Å²) >= 11 is 6.29. The highest BCUT2D eigenvalue weighted by Crippen LogP contribution is 2.40. The first-order valence-electron chi connectivity index (χ1n) is 6.19. The summed E-state index contributed by atoms with van der Waals surface area (Å²) in [6.45, 7) is 0. The van der Waals surface area contributed by atoms with Crippen molar-refractivity contribution in [2.75, 3.05) is 0 Å². The molecule has 1 N–H and O–H groups in total. The van der Waals surface area contributed by atoms with E-state index in [9.17, 15) is 5.11 Å². The molecule has 0 amide bonds. The first-order chi connectivity index (χ1) is 9.75. The number of halogens is 1. The number of phenols is 1. The molecule has 3 aromatic carbocycles. The van der Waals surface area contributed by atoms with Crippen LogP contribution >= 0.6 is 11.6 Å². The lowest BCUT2D eigenvalue weighted by Gasteiger charge is -2.09. The van der Waals surface area contributed by atoms with Gasteiger partial charge < -0.3 is 5.11 Å². The van der Waals surface area contributed by atoms with Crippen LogP contribution in [0.5, 0.6) is 5.75 Å². The van der Waals surface area contributed by atoms with Gasteiger partial charge in [-0.2, -0.15) is 0 Å². The molecule has 0 spiro atoms. The van der Waals surface area contributed by atoms with Gasteiger partial charge in [0.15, 0.2) is 5.75 Å². The lowest BCUT2D eigenvalue weighted by atomic mass is 10.0. The topological polar surface area (TPSA) is 46.0 Å². The number of phenolic OH excluding ortho intramolecular Hbond substituents is 1. The van der Waals surface area contributed by atoms with E-state index in [1.807, 2.05) is 36.4 Å². The molecule has 0 aliphatic heterocycles. The number of benzene rings is 3. The van der Waals surface area contributed by atoms with Gasteiger partial charge in [-0.3, -0.25) is 4.98 Å². The zero-order valence-corrected chi connectivity index (χ0v) is 11.1. The van der Waals surface area contributed by atoms with Crippen LogP contribution in [0.4, 0.5) is 0 Å². The van der Waals surface area contributed by atoms with Crippen molar-refractivity contribution >= 4 is 44.2 Å². The van der Waals surface area contributed by atoms with Crippen LogP contribution in [0.1, 0.15) is 0 Å². The van der Waals surface area contributed by atoms with Crippen molar-refractivity contribution in [1.82, 2.24) is 9.97 Å². The predicted octanol–water partition coefficient (Wildman–Crippen LogP) is 4.30. The first-order valence-corrected chi connectivity index (χ1v) is 6.57. The van der Waals surface area contributed by atoms with Crippen molar-refractivity contribution < 1.29 is 5.11 Å². The molecule has 0 atom stereocenters. The molecule has 0 fully saturated rings. The molecule has 4 aromatic rings. The third kappa shape index (κ3) is 1.47. The number of aromatic hydroxyl groups is 1. The average molecular weight is 281 g/mol. The molecule has 0 saturated carbocycles. The fourth-order valence-electron chi connectivity index (χ4n) is 2.56. The van der Waals surface area contributed by atoms with Crippen molar-refractivity contribution in [3.05, 3.63) is 53.8 Å². The van der Waals surface area contributed by atoms with Gasteiger partial charge in [0.25, 0.3) is 0 Å². The predicted molar refractivity (Wildman–Crippen MR) is 81.2 cm³/mol. The molecule has 0 aliphatic rings. The van der Waals surface area contributed by atoms with Crippen LogP contribution in [0.15, 0.2) is 48.8 Å². The number of rotatable bonds is 0. The van der Waals surface area contributed by atoms with Crippen molar-refractivity contribution in [3.63, 3.8) is 0 Å². The lowest BCUT2D eigenvalue weighted by Crippen LogP contribution is -1.88. The van der Waals surface area contributed by atoms with Gasteiger partial charge in [0.2, 0.25) is 0 Å². The minimum atomic E-state index is -0.0162. The molecule has 96 valence electrons. The average Bonchev–Trinajstić information content (AvgIpc) is 2.51. The summed E-state index contributed by atoms with van der Waals surface area (Å²) in [5.41, 5.74) is 1.09. The number of fused-ring (bicyclic) bond motifs is 4. The summed E-state index contributed by atoms with van der Waals surface area (Å²) < 4.78 is 0. The zero-order valence-electron chi connectivity index (χ0n) is 10.3. The number of nitrogens with zero attached hydrogens (tertiary/aromatic N) is 2. The summed E-state index contributed by atoms with van der Waals surface area (Å²) in [5.74, 6) is -0.0162. The van der Waals surface area contributed by atoms with Crippen LogP contribution in [-0.2, 0) is 0 Å². The third-order valence-electron chi connectivity index (χ3n) is 3.51. The van der Waals surface area contributed by atoms with Crippen LogP contribution in [0.3, 0.4) is 0 Å². The van der Waals surface area contributed by atoms with Crippen LogP contribution in [0, 0.1) is 0 Å². The Morgan fingerprint density at radius 2 is 1.45 bits per heavy atom. The second kappa shape index (κ2) is 4.05. The molecular formula is C16H9ClN2O. The summed E-state index contributed by atoms with van der Waals surface area (Å²) in [6.07, 6.45) is 3.16. The highest BCUT2D eigenvalue weighted by atomic mass is 35.5. The molecule has 4 heteroatoms. The van der Waals surface area contributed by atoms with E-state index in [4.69, 9.17) is 11.6 Å². The van der Waals surface area contributed by atoms with E-state index in [1.165, 1.54) is 0 Å². The zero-order chi connectivity index (χ0) is 13.7. The summed E-state index contributed by atoms with van der Waals surface area (Å²) in [4.78, 5) is 8.51. The van der Waals surface area contributed by atoms with Gasteiger partial charge >= 0.3 is 0 Å². The van der Waals surface area contributed by atoms with Gasteiger partial charge in [0.05, 0.1) is 5.02 Å². The molecule has 0 aliphatic carbocycles. The van der Waals surface area contributed by atoms with Crippen LogP contribution < -0.4 is 0 Å². The van der Waals surface area contributed by atoms with E-state index < -0.39 is 0 Å². The Balaban J connectivity index is 2.33. The largest absolute Gasteiger partial charge is 0.504 e. The molecule has 3 nitrogen and oxygen atoms in total. The van der Waals surface area contributed by atoms with Gasteiger partial charge in [-0.25, -0.2) is 4.98 Å². The van der Waals surface area contributed by atoms with Crippen LogP contribution in [0.2, 0.25) is 5.02 Å². The molecule has 1 aromatic heterocycles. The molecule has 0 bridgehead atoms. The molecule has 0 radical (unpaired) electrons. The number of hydrogen-bond acceptors (Lipinski definition) is 3. The molecular weight excluding hydrogens is 272 g/mol. The Bertz CT molecular complexity index is 982. The maximum absolute atomic E-state index is 10.2. The Kier molecular flexibility index (Phi) is 2.32. The fourth-order valence-corrected chi connectivity index (χ4v) is 2.80. The highest BCUT2D eigenvalue weighted by molar-refractivity contribution is 6.39. The van der Waals surface area contributed by atoms with Crippen LogP contribution in [-0.4, -0.2) is 15.1 Å². The minimum Gasteiger partial charge on any atom is -0.504 e. The normalized spacial score (nSPS) is 11.4. The first kappa shape index (κ1) is 11.4. The van der Waals surface area contributed by atoms with Gasteiger partial charge in [0, 0.05) is 23.2 Å². The van der Waals surface area contributed by atoms with E-state index in [-0.39, 0.29) is 5.75 Å². The van der Waals surface area contributed by atoms with E-state index in [0.29, 0.717) is 16.1 Å². The monoisotopic (exact) mass is 280 g/mol. The molecule has 4 rings (SSSR count). The van der Waals surface area contributed by atoms with Crippen molar-refractivity contribution in [2.45, 2.75) is 0 Å². The summed E-state index contributed by atoms with van der Waals surface area (Å²) in [5, 5.41) is 14.4. The van der Waals surface area contributed by atoms with Crippen molar-refractivity contribution in [1.29, 1.82) is 0 Å². The Hall–Kier alpha value is -2.39. The SMILES string of the molecule is Oc1c(Cl)c2cc3ccccc3cc2c2nccnc12. The molecule has 1 heterocycles. The van der Waals surface area contributed by atoms with Crippen molar-refractivity contribution in [2.24, 2.45) is 0 Å².